The zero-order valence-electron chi connectivity index (χ0n) is 12.1. The van der Waals surface area contributed by atoms with E-state index in [-0.39, 0.29) is 0 Å². The van der Waals surface area contributed by atoms with Gasteiger partial charge in [0.2, 0.25) is 0 Å². The third kappa shape index (κ3) is 2.63. The topological polar surface area (TPSA) is 55.9 Å². The van der Waals surface area contributed by atoms with Gasteiger partial charge in [-0.05, 0) is 32.3 Å². The molecule has 3 rings (SSSR count). The first-order valence-electron chi connectivity index (χ1n) is 7.42. The minimum atomic E-state index is -0.529. The van der Waals surface area contributed by atoms with E-state index in [0.29, 0.717) is 18.5 Å². The first-order chi connectivity index (χ1) is 9.69. The molecule has 0 spiro atoms. The molecule has 2 unspecified atom stereocenters. The van der Waals surface area contributed by atoms with Gasteiger partial charge < -0.3 is 9.67 Å². The van der Waals surface area contributed by atoms with Crippen molar-refractivity contribution < 1.29 is 5.11 Å². The Hall–Kier alpha value is -1.62. The van der Waals surface area contributed by atoms with Gasteiger partial charge in [-0.25, -0.2) is 4.98 Å². The second-order valence-electron chi connectivity index (χ2n) is 5.72. The van der Waals surface area contributed by atoms with Gasteiger partial charge >= 0.3 is 0 Å². The Morgan fingerprint density at radius 3 is 2.95 bits per heavy atom. The van der Waals surface area contributed by atoms with Gasteiger partial charge in [0, 0.05) is 24.7 Å². The number of aliphatic hydroxyl groups excluding tert-OH is 1. The molecule has 1 N–H and O–H groups in total. The standard InChI is InChI=1S/C15H22N4O/c1-3-11(2)19-7-6-12(17-19)8-15(20)14-9-16-10-18(14)13-4-5-13/h6-7,9-11,13,15,20H,3-5,8H2,1-2H3. The monoisotopic (exact) mass is 274 g/mol. The fourth-order valence-corrected chi connectivity index (χ4v) is 2.45. The van der Waals surface area contributed by atoms with Gasteiger partial charge in [0.15, 0.2) is 0 Å². The summed E-state index contributed by atoms with van der Waals surface area (Å²) in [5.41, 5.74) is 1.84. The molecule has 5 nitrogen and oxygen atoms in total. The van der Waals surface area contributed by atoms with Crippen LogP contribution in [0.1, 0.15) is 62.7 Å². The van der Waals surface area contributed by atoms with Crippen molar-refractivity contribution in [1.82, 2.24) is 19.3 Å². The van der Waals surface area contributed by atoms with Gasteiger partial charge in [-0.1, -0.05) is 6.92 Å². The van der Waals surface area contributed by atoms with Crippen LogP contribution in [0, 0.1) is 0 Å². The van der Waals surface area contributed by atoms with Crippen molar-refractivity contribution in [3.8, 4) is 0 Å². The Labute approximate surface area is 119 Å². The van der Waals surface area contributed by atoms with Crippen LogP contribution in [0.25, 0.3) is 0 Å². The fourth-order valence-electron chi connectivity index (χ4n) is 2.45. The average Bonchev–Trinajstić information content (AvgIpc) is 3.00. The van der Waals surface area contributed by atoms with Crippen LogP contribution in [0.5, 0.6) is 0 Å². The highest BCUT2D eigenvalue weighted by Crippen LogP contribution is 2.37. The largest absolute Gasteiger partial charge is 0.386 e. The lowest BCUT2D eigenvalue weighted by atomic mass is 10.1. The molecule has 2 aromatic rings. The van der Waals surface area contributed by atoms with E-state index in [1.165, 1.54) is 12.8 Å². The fraction of sp³-hybridized carbons (Fsp3) is 0.600. The number of hydrogen-bond donors (Lipinski definition) is 1. The maximum atomic E-state index is 10.4. The smallest absolute Gasteiger partial charge is 0.101 e. The highest BCUT2D eigenvalue weighted by Gasteiger charge is 2.27. The van der Waals surface area contributed by atoms with Crippen LogP contribution in [0.4, 0.5) is 0 Å². The van der Waals surface area contributed by atoms with Crippen molar-refractivity contribution in [2.24, 2.45) is 0 Å². The molecule has 2 heterocycles. The summed E-state index contributed by atoms with van der Waals surface area (Å²) >= 11 is 0. The highest BCUT2D eigenvalue weighted by atomic mass is 16.3. The van der Waals surface area contributed by atoms with Gasteiger partial charge in [0.25, 0.3) is 0 Å². The minimum Gasteiger partial charge on any atom is -0.386 e. The Morgan fingerprint density at radius 1 is 1.45 bits per heavy atom. The first-order valence-corrected chi connectivity index (χ1v) is 7.42. The summed E-state index contributed by atoms with van der Waals surface area (Å²) in [6, 6.07) is 2.94. The van der Waals surface area contributed by atoms with Crippen molar-refractivity contribution >= 4 is 0 Å². The molecule has 0 radical (unpaired) electrons. The number of aromatic nitrogens is 4. The summed E-state index contributed by atoms with van der Waals surface area (Å²) in [5, 5.41) is 15.0. The van der Waals surface area contributed by atoms with Gasteiger partial charge in [-0.2, -0.15) is 5.10 Å². The molecule has 0 bridgehead atoms. The third-order valence-corrected chi connectivity index (χ3v) is 4.09. The van der Waals surface area contributed by atoms with Crippen LogP contribution < -0.4 is 0 Å². The summed E-state index contributed by atoms with van der Waals surface area (Å²) in [5.74, 6) is 0. The van der Waals surface area contributed by atoms with E-state index in [0.717, 1.165) is 17.8 Å². The lowest BCUT2D eigenvalue weighted by Crippen LogP contribution is -2.10. The normalized spacial score (nSPS) is 18.1. The molecule has 1 aliphatic carbocycles. The van der Waals surface area contributed by atoms with Crippen LogP contribution in [0.15, 0.2) is 24.8 Å². The average molecular weight is 274 g/mol. The lowest BCUT2D eigenvalue weighted by molar-refractivity contribution is 0.167. The van der Waals surface area contributed by atoms with Gasteiger partial charge in [-0.15, -0.1) is 0 Å². The number of aliphatic hydroxyl groups is 1. The predicted molar refractivity (Wildman–Crippen MR) is 76.4 cm³/mol. The second kappa shape index (κ2) is 5.40. The second-order valence-corrected chi connectivity index (χ2v) is 5.72. The SMILES string of the molecule is CCC(C)n1ccc(CC(O)c2cncn2C2CC2)n1. The van der Waals surface area contributed by atoms with Crippen LogP contribution >= 0.6 is 0 Å². The predicted octanol–water partition coefficient (Wildman–Crippen LogP) is 2.66. The van der Waals surface area contributed by atoms with E-state index in [4.69, 9.17) is 0 Å². The van der Waals surface area contributed by atoms with E-state index in [9.17, 15) is 5.11 Å². The Bertz CT molecular complexity index is 570. The van der Waals surface area contributed by atoms with E-state index >= 15 is 0 Å². The molecule has 2 aromatic heterocycles. The molecule has 108 valence electrons. The van der Waals surface area contributed by atoms with Crippen LogP contribution in [0.3, 0.4) is 0 Å². The van der Waals surface area contributed by atoms with Crippen molar-refractivity contribution in [1.29, 1.82) is 0 Å². The Balaban J connectivity index is 1.70. The molecule has 0 aromatic carbocycles. The molecule has 1 saturated carbocycles. The van der Waals surface area contributed by atoms with E-state index in [2.05, 4.69) is 28.5 Å². The molecular weight excluding hydrogens is 252 g/mol. The molecule has 1 fully saturated rings. The van der Waals surface area contributed by atoms with Crippen LogP contribution in [0.2, 0.25) is 0 Å². The minimum absolute atomic E-state index is 0.401. The van der Waals surface area contributed by atoms with Crippen LogP contribution in [-0.2, 0) is 6.42 Å². The van der Waals surface area contributed by atoms with Crippen molar-refractivity contribution in [2.45, 2.75) is 57.7 Å². The Kier molecular flexibility index (Phi) is 3.61. The van der Waals surface area contributed by atoms with Crippen LogP contribution in [-0.4, -0.2) is 24.4 Å². The third-order valence-electron chi connectivity index (χ3n) is 4.09. The van der Waals surface area contributed by atoms with E-state index < -0.39 is 6.10 Å². The first kappa shape index (κ1) is 13.4. The number of hydrogen-bond acceptors (Lipinski definition) is 3. The summed E-state index contributed by atoms with van der Waals surface area (Å²) in [4.78, 5) is 4.17. The number of rotatable bonds is 6. The zero-order chi connectivity index (χ0) is 14.1. The van der Waals surface area contributed by atoms with E-state index in [1.54, 1.807) is 6.20 Å². The highest BCUT2D eigenvalue weighted by molar-refractivity contribution is 5.11. The molecule has 0 saturated heterocycles. The Morgan fingerprint density at radius 2 is 2.25 bits per heavy atom. The summed E-state index contributed by atoms with van der Waals surface area (Å²) in [6.07, 6.45) is 9.05. The number of nitrogens with zero attached hydrogens (tertiary/aromatic N) is 4. The van der Waals surface area contributed by atoms with Crippen molar-refractivity contribution in [3.05, 3.63) is 36.2 Å². The quantitative estimate of drug-likeness (QED) is 0.881. The molecular formula is C15H22N4O. The molecule has 1 aliphatic rings. The van der Waals surface area contributed by atoms with Gasteiger partial charge in [-0.3, -0.25) is 4.68 Å². The summed E-state index contributed by atoms with van der Waals surface area (Å²) in [7, 11) is 0. The van der Waals surface area contributed by atoms with Crippen molar-refractivity contribution in [3.63, 3.8) is 0 Å². The maximum Gasteiger partial charge on any atom is 0.101 e. The molecule has 0 aliphatic heterocycles. The zero-order valence-corrected chi connectivity index (χ0v) is 12.1. The van der Waals surface area contributed by atoms with E-state index in [1.807, 2.05) is 23.3 Å². The molecule has 2 atom stereocenters. The van der Waals surface area contributed by atoms with Crippen molar-refractivity contribution in [2.75, 3.05) is 0 Å². The van der Waals surface area contributed by atoms with Gasteiger partial charge in [0.1, 0.15) is 6.10 Å². The molecule has 0 amide bonds. The summed E-state index contributed by atoms with van der Waals surface area (Å²) < 4.78 is 4.08. The maximum absolute atomic E-state index is 10.4. The number of imidazole rings is 1. The van der Waals surface area contributed by atoms with Gasteiger partial charge in [0.05, 0.1) is 23.9 Å². The summed E-state index contributed by atoms with van der Waals surface area (Å²) in [6.45, 7) is 4.30. The molecule has 20 heavy (non-hydrogen) atoms. The molecule has 5 heteroatoms. The lowest BCUT2D eigenvalue weighted by Gasteiger charge is -2.12.